The van der Waals surface area contributed by atoms with Crippen molar-refractivity contribution in [1.29, 1.82) is 0 Å². The summed E-state index contributed by atoms with van der Waals surface area (Å²) in [5.74, 6) is 1.63. The monoisotopic (exact) mass is 415 g/mol. The minimum Gasteiger partial charge on any atom is -0.344 e. The van der Waals surface area contributed by atoms with Crippen molar-refractivity contribution in [2.45, 2.75) is 154 Å². The number of unbranched alkanes of at least 4 members (excludes halogenated alkanes) is 13. The Bertz CT molecular complexity index is 317. The van der Waals surface area contributed by atoms with Gasteiger partial charge in [0, 0.05) is 4.87 Å². The molecule has 0 heterocycles. The number of hydrogen-bond acceptors (Lipinski definition) is 1. The summed E-state index contributed by atoms with van der Waals surface area (Å²) in [6, 6.07) is 0. The highest BCUT2D eigenvalue weighted by Gasteiger charge is 2.33. The van der Waals surface area contributed by atoms with Crippen molar-refractivity contribution >= 4 is 11.6 Å². The van der Waals surface area contributed by atoms with E-state index in [9.17, 15) is 0 Å². The van der Waals surface area contributed by atoms with Crippen LogP contribution in [0.3, 0.4) is 0 Å². The second-order valence-corrected chi connectivity index (χ2v) is 10.9. The highest BCUT2D eigenvalue weighted by Crippen LogP contribution is 2.41. The largest absolute Gasteiger partial charge is 0.344 e. The van der Waals surface area contributed by atoms with Gasteiger partial charge in [0.1, 0.15) is 0 Å². The normalized spacial score (nSPS) is 16.7. The van der Waals surface area contributed by atoms with Crippen LogP contribution < -0.4 is 6.15 Å². The lowest BCUT2D eigenvalue weighted by atomic mass is 9.72. The van der Waals surface area contributed by atoms with E-state index in [-0.39, 0.29) is 11.0 Å². The van der Waals surface area contributed by atoms with Crippen molar-refractivity contribution in [2.24, 2.45) is 11.8 Å². The zero-order valence-corrected chi connectivity index (χ0v) is 20.6. The molecular weight excluding hydrogens is 362 g/mol. The van der Waals surface area contributed by atoms with Gasteiger partial charge < -0.3 is 6.15 Å². The smallest absolute Gasteiger partial charge is 0.0421 e. The number of halogens is 1. The molecule has 0 aliphatic heterocycles. The topological polar surface area (TPSA) is 35.0 Å². The molecule has 2 heteroatoms. The molecule has 1 unspecified atom stereocenters. The fourth-order valence-electron chi connectivity index (χ4n) is 5.23. The van der Waals surface area contributed by atoms with E-state index in [4.69, 9.17) is 11.6 Å². The molecule has 0 radical (unpaired) electrons. The Labute approximate surface area is 183 Å². The van der Waals surface area contributed by atoms with Crippen LogP contribution in [-0.2, 0) is 0 Å². The van der Waals surface area contributed by atoms with Crippen molar-refractivity contribution in [3.8, 4) is 0 Å². The molecule has 0 amide bonds. The van der Waals surface area contributed by atoms with E-state index in [2.05, 4.69) is 20.8 Å². The Balaban J connectivity index is 0.00000729. The summed E-state index contributed by atoms with van der Waals surface area (Å²) in [4.78, 5) is -0.0153. The maximum absolute atomic E-state index is 6.79. The zero-order chi connectivity index (χ0) is 19.8. The van der Waals surface area contributed by atoms with Gasteiger partial charge in [-0.15, -0.1) is 11.6 Å². The molecule has 0 spiro atoms. The Morgan fingerprint density at radius 3 is 1.46 bits per heavy atom. The average molecular weight is 416 g/mol. The molecule has 28 heavy (non-hydrogen) atoms. The molecule has 1 atom stereocenters. The molecule has 1 nitrogen and oxygen atoms in total. The Morgan fingerprint density at radius 1 is 0.679 bits per heavy atom. The maximum Gasteiger partial charge on any atom is 0.0421 e. The van der Waals surface area contributed by atoms with Crippen LogP contribution in [0.15, 0.2) is 0 Å². The summed E-state index contributed by atoms with van der Waals surface area (Å²) in [5, 5.41) is 0. The third-order valence-electron chi connectivity index (χ3n) is 6.97. The molecule has 0 saturated heterocycles. The molecule has 0 bridgehead atoms. The summed E-state index contributed by atoms with van der Waals surface area (Å²) < 4.78 is 0. The van der Waals surface area contributed by atoms with Crippen molar-refractivity contribution in [1.82, 2.24) is 6.15 Å². The standard InChI is InChI=1S/C26H51Cl.H3N/c1-4-5-6-7-8-9-10-11-12-13-14-15-16-20-23-25(26(2,3)27)24-21-18-17-19-22-24;/h24-25H,4-23H2,1-3H3;1H3. The quantitative estimate of drug-likeness (QED) is 0.186. The maximum atomic E-state index is 6.79. The first kappa shape index (κ1) is 28.2. The van der Waals surface area contributed by atoms with Crippen LogP contribution in [-0.4, -0.2) is 4.87 Å². The van der Waals surface area contributed by atoms with E-state index in [0.29, 0.717) is 0 Å². The lowest BCUT2D eigenvalue weighted by Gasteiger charge is -2.37. The van der Waals surface area contributed by atoms with E-state index in [1.807, 2.05) is 0 Å². The minimum absolute atomic E-state index is 0. The van der Waals surface area contributed by atoms with Gasteiger partial charge in [0.15, 0.2) is 0 Å². The summed E-state index contributed by atoms with van der Waals surface area (Å²) in [5.41, 5.74) is 0. The molecule has 170 valence electrons. The predicted octanol–water partition coefficient (Wildman–Crippen LogP) is 10.2. The lowest BCUT2D eigenvalue weighted by Crippen LogP contribution is -2.33. The minimum atomic E-state index is -0.0153. The molecule has 1 saturated carbocycles. The second kappa shape index (κ2) is 18.1. The summed E-state index contributed by atoms with van der Waals surface area (Å²) >= 11 is 6.79. The molecule has 1 aliphatic rings. The van der Waals surface area contributed by atoms with Crippen molar-refractivity contribution in [3.63, 3.8) is 0 Å². The zero-order valence-electron chi connectivity index (χ0n) is 19.9. The molecule has 3 N–H and O–H groups in total. The van der Waals surface area contributed by atoms with E-state index >= 15 is 0 Å². The molecule has 1 aliphatic carbocycles. The van der Waals surface area contributed by atoms with Crippen LogP contribution in [0.5, 0.6) is 0 Å². The first-order valence-corrected chi connectivity index (χ1v) is 13.1. The van der Waals surface area contributed by atoms with Crippen molar-refractivity contribution in [2.75, 3.05) is 0 Å². The van der Waals surface area contributed by atoms with Crippen LogP contribution >= 0.6 is 11.6 Å². The third-order valence-corrected chi connectivity index (χ3v) is 7.25. The molecule has 0 aromatic heterocycles. The molecule has 1 rings (SSSR count). The summed E-state index contributed by atoms with van der Waals surface area (Å²) in [6.07, 6.45) is 28.8. The van der Waals surface area contributed by atoms with Gasteiger partial charge in [-0.3, -0.25) is 0 Å². The van der Waals surface area contributed by atoms with Gasteiger partial charge in [0.25, 0.3) is 0 Å². The molecule has 0 aromatic rings. The molecule has 1 fully saturated rings. The van der Waals surface area contributed by atoms with Gasteiger partial charge in [-0.05, 0) is 32.1 Å². The summed E-state index contributed by atoms with van der Waals surface area (Å²) in [7, 11) is 0. The predicted molar refractivity (Wildman–Crippen MR) is 130 cm³/mol. The fraction of sp³-hybridized carbons (Fsp3) is 1.00. The first-order valence-electron chi connectivity index (χ1n) is 12.7. The van der Waals surface area contributed by atoms with Gasteiger partial charge in [-0.25, -0.2) is 0 Å². The lowest BCUT2D eigenvalue weighted by molar-refractivity contribution is 0.194. The van der Waals surface area contributed by atoms with Gasteiger partial charge in [-0.1, -0.05) is 129 Å². The van der Waals surface area contributed by atoms with Crippen molar-refractivity contribution < 1.29 is 0 Å². The van der Waals surface area contributed by atoms with Gasteiger partial charge in [0.2, 0.25) is 0 Å². The van der Waals surface area contributed by atoms with Crippen LogP contribution in [0, 0.1) is 11.8 Å². The van der Waals surface area contributed by atoms with Gasteiger partial charge in [-0.2, -0.15) is 0 Å². The Kier molecular flexibility index (Phi) is 18.2. The van der Waals surface area contributed by atoms with E-state index < -0.39 is 0 Å². The molecular formula is C26H54ClN. The highest BCUT2D eigenvalue weighted by atomic mass is 35.5. The SMILES string of the molecule is CCCCCCCCCCCCCCCCC(C1CCCCC1)C(C)(C)Cl.N. The summed E-state index contributed by atoms with van der Waals surface area (Å²) in [6.45, 7) is 6.82. The second-order valence-electron chi connectivity index (χ2n) is 9.95. The number of rotatable bonds is 17. The van der Waals surface area contributed by atoms with Crippen molar-refractivity contribution in [3.05, 3.63) is 0 Å². The van der Waals surface area contributed by atoms with Crippen LogP contribution in [0.4, 0.5) is 0 Å². The first-order chi connectivity index (χ1) is 13.1. The van der Waals surface area contributed by atoms with Gasteiger partial charge in [0.05, 0.1) is 0 Å². The highest BCUT2D eigenvalue weighted by molar-refractivity contribution is 6.23. The number of alkyl halides is 1. The van der Waals surface area contributed by atoms with Crippen LogP contribution in [0.1, 0.15) is 149 Å². The Hall–Kier alpha value is 0.250. The fourth-order valence-corrected chi connectivity index (χ4v) is 5.52. The van der Waals surface area contributed by atoms with Crippen LogP contribution in [0.2, 0.25) is 0 Å². The number of hydrogen-bond donors (Lipinski definition) is 1. The van der Waals surface area contributed by atoms with E-state index in [1.54, 1.807) is 0 Å². The average Bonchev–Trinajstić information content (AvgIpc) is 2.64. The third kappa shape index (κ3) is 14.3. The Morgan fingerprint density at radius 2 is 1.07 bits per heavy atom. The van der Waals surface area contributed by atoms with Gasteiger partial charge >= 0.3 is 0 Å². The van der Waals surface area contributed by atoms with Crippen LogP contribution in [0.25, 0.3) is 0 Å². The molecule has 0 aromatic carbocycles. The van der Waals surface area contributed by atoms with E-state index in [0.717, 1.165) is 11.8 Å². The van der Waals surface area contributed by atoms with E-state index in [1.165, 1.54) is 128 Å².